The van der Waals surface area contributed by atoms with Crippen LogP contribution >= 0.6 is 15.9 Å². The zero-order valence-electron chi connectivity index (χ0n) is 11.0. The molecule has 2 heterocycles. The molecule has 1 N–H and O–H groups in total. The van der Waals surface area contributed by atoms with Gasteiger partial charge >= 0.3 is 0 Å². The van der Waals surface area contributed by atoms with Crippen LogP contribution in [-0.2, 0) is 20.0 Å². The van der Waals surface area contributed by atoms with Crippen LogP contribution in [0.15, 0.2) is 27.7 Å². The van der Waals surface area contributed by atoms with E-state index in [0.717, 1.165) is 12.1 Å². The molecular weight excluding hydrogens is 322 g/mol. The molecule has 104 valence electrons. The molecule has 0 aliphatic heterocycles. The first-order valence-corrected chi connectivity index (χ1v) is 6.82. The fourth-order valence-electron chi connectivity index (χ4n) is 1.76. The van der Waals surface area contributed by atoms with Gasteiger partial charge in [-0.2, -0.15) is 10.2 Å². The van der Waals surface area contributed by atoms with Crippen LogP contribution in [0.3, 0.4) is 0 Å². The first-order valence-electron chi connectivity index (χ1n) is 6.03. The molecular formula is C13H14BrN5O. The molecule has 2 rings (SSSR count). The van der Waals surface area contributed by atoms with Crippen LogP contribution in [0.2, 0.25) is 0 Å². The Hall–Kier alpha value is -2.07. The molecule has 7 heteroatoms. The Bertz CT molecular complexity index is 698. The summed E-state index contributed by atoms with van der Waals surface area (Å²) in [7, 11) is 1.90. The van der Waals surface area contributed by atoms with E-state index < -0.39 is 0 Å². The van der Waals surface area contributed by atoms with Gasteiger partial charge in [-0.25, -0.2) is 4.68 Å². The zero-order chi connectivity index (χ0) is 14.5. The highest BCUT2D eigenvalue weighted by Crippen LogP contribution is 2.15. The molecule has 0 bridgehead atoms. The summed E-state index contributed by atoms with van der Waals surface area (Å²) in [6, 6.07) is 1.96. The van der Waals surface area contributed by atoms with Crippen molar-refractivity contribution in [3.63, 3.8) is 0 Å². The molecule has 20 heavy (non-hydrogen) atoms. The molecule has 6 nitrogen and oxygen atoms in total. The highest BCUT2D eigenvalue weighted by atomic mass is 79.9. The molecule has 2 aromatic rings. The van der Waals surface area contributed by atoms with Gasteiger partial charge in [0.1, 0.15) is 11.0 Å². The van der Waals surface area contributed by atoms with Gasteiger partial charge in [0.25, 0.3) is 5.56 Å². The molecule has 0 radical (unpaired) electrons. The number of aromatic nitrogens is 4. The number of aryl methyl sites for hydroxylation is 1. The molecule has 0 saturated heterocycles. The Morgan fingerprint density at radius 2 is 2.30 bits per heavy atom. The number of nitrogens with one attached hydrogen (secondary N) is 1. The number of hydrogen-bond acceptors (Lipinski definition) is 4. The van der Waals surface area contributed by atoms with Gasteiger partial charge in [-0.3, -0.25) is 9.48 Å². The van der Waals surface area contributed by atoms with Crippen LogP contribution in [0, 0.1) is 12.3 Å². The highest BCUT2D eigenvalue weighted by molar-refractivity contribution is 9.10. The van der Waals surface area contributed by atoms with Gasteiger partial charge in [-0.05, 0) is 22.0 Å². The number of nitrogens with zero attached hydrogens (tertiary/aromatic N) is 4. The van der Waals surface area contributed by atoms with Crippen LogP contribution in [0.1, 0.15) is 5.69 Å². The van der Waals surface area contributed by atoms with E-state index in [1.165, 1.54) is 4.68 Å². The van der Waals surface area contributed by atoms with Crippen LogP contribution in [-0.4, -0.2) is 26.1 Å². The van der Waals surface area contributed by atoms with Crippen molar-refractivity contribution < 1.29 is 0 Å². The fourth-order valence-corrected chi connectivity index (χ4v) is 2.21. The Balaban J connectivity index is 2.04. The number of halogens is 1. The van der Waals surface area contributed by atoms with Crippen LogP contribution in [0.4, 0.5) is 5.69 Å². The maximum Gasteiger partial charge on any atom is 0.284 e. The number of hydrogen-bond donors (Lipinski definition) is 1. The van der Waals surface area contributed by atoms with Gasteiger partial charge in [0.2, 0.25) is 0 Å². The van der Waals surface area contributed by atoms with Gasteiger partial charge in [0.05, 0.1) is 11.9 Å². The molecule has 0 saturated carbocycles. The normalized spacial score (nSPS) is 10.2. The van der Waals surface area contributed by atoms with Crippen molar-refractivity contribution in [1.82, 2.24) is 19.6 Å². The largest absolute Gasteiger partial charge is 0.382 e. The van der Waals surface area contributed by atoms with Gasteiger partial charge < -0.3 is 5.32 Å². The van der Waals surface area contributed by atoms with E-state index >= 15 is 0 Å². The smallest absolute Gasteiger partial charge is 0.284 e. The molecule has 0 aliphatic rings. The van der Waals surface area contributed by atoms with Crippen molar-refractivity contribution in [3.05, 3.63) is 39.0 Å². The topological polar surface area (TPSA) is 64.7 Å². The first-order chi connectivity index (χ1) is 9.63. The maximum atomic E-state index is 11.9. The standard InChI is InChI=1S/C13H14BrN5O/c1-3-8-19-13(20)12(14)11(9-17-19)15-6-4-10-5-7-16-18(10)2/h1,5,7,9,15H,4,6,8H2,2H3. The quantitative estimate of drug-likeness (QED) is 0.829. The summed E-state index contributed by atoms with van der Waals surface area (Å²) in [6.45, 7) is 0.838. The second-order valence-electron chi connectivity index (χ2n) is 4.16. The van der Waals surface area contributed by atoms with E-state index in [9.17, 15) is 4.79 Å². The Morgan fingerprint density at radius 1 is 1.50 bits per heavy atom. The van der Waals surface area contributed by atoms with Crippen molar-refractivity contribution in [2.75, 3.05) is 11.9 Å². The molecule has 2 aromatic heterocycles. The summed E-state index contributed by atoms with van der Waals surface area (Å²) in [6.07, 6.45) is 9.33. The van der Waals surface area contributed by atoms with Crippen molar-refractivity contribution in [3.8, 4) is 12.3 Å². The van der Waals surface area contributed by atoms with Gasteiger partial charge in [-0.15, -0.1) is 6.42 Å². The second kappa shape index (κ2) is 6.39. The number of rotatable bonds is 5. The van der Waals surface area contributed by atoms with Gasteiger partial charge in [0.15, 0.2) is 0 Å². The highest BCUT2D eigenvalue weighted by Gasteiger charge is 2.08. The first kappa shape index (κ1) is 14.3. The molecule has 0 aromatic carbocycles. The molecule has 0 fully saturated rings. The van der Waals surface area contributed by atoms with E-state index in [4.69, 9.17) is 6.42 Å². The lowest BCUT2D eigenvalue weighted by molar-refractivity contribution is 0.659. The van der Waals surface area contributed by atoms with E-state index in [2.05, 4.69) is 37.4 Å². The summed E-state index contributed by atoms with van der Waals surface area (Å²) in [5.41, 5.74) is 1.53. The van der Waals surface area contributed by atoms with Gasteiger partial charge in [0, 0.05) is 31.9 Å². The zero-order valence-corrected chi connectivity index (χ0v) is 12.6. The summed E-state index contributed by atoms with van der Waals surface area (Å²) in [5.74, 6) is 2.39. The minimum Gasteiger partial charge on any atom is -0.382 e. The molecule has 0 atom stereocenters. The van der Waals surface area contributed by atoms with E-state index in [0.29, 0.717) is 16.7 Å². The lowest BCUT2D eigenvalue weighted by Gasteiger charge is -2.09. The Kier molecular flexibility index (Phi) is 4.58. The predicted octanol–water partition coefficient (Wildman–Crippen LogP) is 1.03. The monoisotopic (exact) mass is 335 g/mol. The molecule has 0 spiro atoms. The summed E-state index contributed by atoms with van der Waals surface area (Å²) >= 11 is 3.27. The number of anilines is 1. The lowest BCUT2D eigenvalue weighted by atomic mass is 10.3. The van der Waals surface area contributed by atoms with Crippen LogP contribution in [0.5, 0.6) is 0 Å². The van der Waals surface area contributed by atoms with Crippen molar-refractivity contribution >= 4 is 21.6 Å². The van der Waals surface area contributed by atoms with E-state index in [-0.39, 0.29) is 12.1 Å². The predicted molar refractivity (Wildman–Crippen MR) is 80.4 cm³/mol. The second-order valence-corrected chi connectivity index (χ2v) is 4.96. The number of terminal acetylenes is 1. The average Bonchev–Trinajstić information content (AvgIpc) is 2.84. The van der Waals surface area contributed by atoms with E-state index in [1.54, 1.807) is 12.4 Å². The maximum absolute atomic E-state index is 11.9. The van der Waals surface area contributed by atoms with Crippen molar-refractivity contribution in [2.24, 2.45) is 7.05 Å². The molecule has 0 amide bonds. The fraction of sp³-hybridized carbons (Fsp3) is 0.308. The Labute approximate surface area is 124 Å². The van der Waals surface area contributed by atoms with Crippen LogP contribution < -0.4 is 10.9 Å². The van der Waals surface area contributed by atoms with E-state index in [1.807, 2.05) is 17.8 Å². The molecule has 0 aliphatic carbocycles. The van der Waals surface area contributed by atoms with Gasteiger partial charge in [-0.1, -0.05) is 5.92 Å². The summed E-state index contributed by atoms with van der Waals surface area (Å²) < 4.78 is 3.49. The SMILES string of the molecule is C#CCn1ncc(NCCc2ccnn2C)c(Br)c1=O. The summed E-state index contributed by atoms with van der Waals surface area (Å²) in [5, 5.41) is 11.3. The minimum absolute atomic E-state index is 0.159. The third kappa shape index (κ3) is 3.08. The third-order valence-electron chi connectivity index (χ3n) is 2.84. The minimum atomic E-state index is -0.242. The van der Waals surface area contributed by atoms with Crippen molar-refractivity contribution in [2.45, 2.75) is 13.0 Å². The van der Waals surface area contributed by atoms with Crippen molar-refractivity contribution in [1.29, 1.82) is 0 Å². The summed E-state index contributed by atoms with van der Waals surface area (Å²) in [4.78, 5) is 11.9. The van der Waals surface area contributed by atoms with Crippen LogP contribution in [0.25, 0.3) is 0 Å². The average molecular weight is 336 g/mol. The molecule has 0 unspecified atom stereocenters. The third-order valence-corrected chi connectivity index (χ3v) is 3.61. The Morgan fingerprint density at radius 3 is 2.95 bits per heavy atom. The lowest BCUT2D eigenvalue weighted by Crippen LogP contribution is -2.24.